The Balaban J connectivity index is 1.27. The van der Waals surface area contributed by atoms with Crippen LogP contribution in [0.25, 0.3) is 10.9 Å². The fourth-order valence-corrected chi connectivity index (χ4v) is 5.36. The quantitative estimate of drug-likeness (QED) is 0.345. The summed E-state index contributed by atoms with van der Waals surface area (Å²) < 4.78 is 15.6. The predicted molar refractivity (Wildman–Crippen MR) is 154 cm³/mol. The molecule has 2 fully saturated rings. The number of likely N-dealkylation sites (tertiary alicyclic amines) is 1. The molecular formula is C29H33ClFN7O4. The molecular weight excluding hydrogens is 565 g/mol. The highest BCUT2D eigenvalue weighted by Crippen LogP contribution is 2.28. The molecule has 42 heavy (non-hydrogen) atoms. The number of carbonyl (C=O) groups is 4. The number of nitrogens with zero attached hydrogens (tertiary/aromatic N) is 5. The zero-order valence-electron chi connectivity index (χ0n) is 23.5. The highest BCUT2D eigenvalue weighted by Gasteiger charge is 2.34. The van der Waals surface area contributed by atoms with Gasteiger partial charge in [0.2, 0.25) is 17.7 Å². The number of rotatable bonds is 11. The Labute approximate surface area is 247 Å². The van der Waals surface area contributed by atoms with E-state index >= 15 is 0 Å². The van der Waals surface area contributed by atoms with Gasteiger partial charge < -0.3 is 25.8 Å². The maximum atomic E-state index is 14.2. The van der Waals surface area contributed by atoms with E-state index in [1.807, 2.05) is 7.05 Å². The van der Waals surface area contributed by atoms with Crippen LogP contribution < -0.4 is 11.1 Å². The fourth-order valence-electron chi connectivity index (χ4n) is 5.17. The number of primary amides is 1. The Bertz CT molecular complexity index is 1550. The van der Waals surface area contributed by atoms with Gasteiger partial charge in [-0.1, -0.05) is 29.8 Å². The van der Waals surface area contributed by atoms with Crippen LogP contribution in [-0.4, -0.2) is 93.9 Å². The van der Waals surface area contributed by atoms with Crippen molar-refractivity contribution < 1.29 is 23.6 Å². The SMILES string of the molecule is CN1CC(N(C)C(=O)Cc2ccc3c(c2)c(C(N)=O)nn3CC(=O)N(CC(=O)NCc2cccc(Cl)c2F)C2CC2)C1. The summed E-state index contributed by atoms with van der Waals surface area (Å²) in [6.07, 6.45) is 1.67. The average molecular weight is 598 g/mol. The molecule has 1 aliphatic carbocycles. The van der Waals surface area contributed by atoms with Gasteiger partial charge in [-0.25, -0.2) is 4.39 Å². The van der Waals surface area contributed by atoms with Crippen LogP contribution in [0, 0.1) is 5.82 Å². The van der Waals surface area contributed by atoms with Gasteiger partial charge in [0, 0.05) is 43.7 Å². The standard InChI is InChI=1S/C29H33ClFN7O4/c1-35-13-20(14-35)36(2)25(40)11-17-6-9-23-21(10-17)28(29(32)42)34-38(23)16-26(41)37(19-7-8-19)15-24(39)33-12-18-4-3-5-22(30)27(18)31/h3-6,9-10,19-20H,7-8,11-16H2,1-2H3,(H2,32,42)(H,33,39). The number of nitrogens with one attached hydrogen (secondary N) is 1. The van der Waals surface area contributed by atoms with Crippen LogP contribution in [0.4, 0.5) is 4.39 Å². The third-order valence-corrected chi connectivity index (χ3v) is 8.10. The van der Waals surface area contributed by atoms with E-state index in [4.69, 9.17) is 17.3 Å². The van der Waals surface area contributed by atoms with Crippen molar-refractivity contribution in [3.8, 4) is 0 Å². The monoisotopic (exact) mass is 597 g/mol. The van der Waals surface area contributed by atoms with Gasteiger partial charge >= 0.3 is 0 Å². The molecule has 1 saturated carbocycles. The number of nitrogens with two attached hydrogens (primary N) is 1. The summed E-state index contributed by atoms with van der Waals surface area (Å²) in [4.78, 5) is 56.5. The van der Waals surface area contributed by atoms with Crippen LogP contribution in [0.1, 0.15) is 34.5 Å². The summed E-state index contributed by atoms with van der Waals surface area (Å²) in [5.74, 6) is -2.18. The molecule has 4 amide bonds. The van der Waals surface area contributed by atoms with Crippen molar-refractivity contribution in [3.05, 3.63) is 64.1 Å². The maximum Gasteiger partial charge on any atom is 0.269 e. The Morgan fingerprint density at radius 2 is 1.86 bits per heavy atom. The molecule has 2 heterocycles. The fraction of sp³-hybridized carbons (Fsp3) is 0.414. The lowest BCUT2D eigenvalue weighted by atomic mass is 10.0. The second kappa shape index (κ2) is 12.1. The zero-order chi connectivity index (χ0) is 30.1. The zero-order valence-corrected chi connectivity index (χ0v) is 24.2. The molecule has 0 spiro atoms. The van der Waals surface area contributed by atoms with Crippen molar-refractivity contribution in [3.63, 3.8) is 0 Å². The van der Waals surface area contributed by atoms with Gasteiger partial charge in [-0.15, -0.1) is 0 Å². The molecule has 222 valence electrons. The molecule has 1 aromatic heterocycles. The first-order valence-corrected chi connectivity index (χ1v) is 14.1. The molecule has 13 heteroatoms. The summed E-state index contributed by atoms with van der Waals surface area (Å²) in [6.45, 7) is 1.17. The lowest BCUT2D eigenvalue weighted by molar-refractivity contribution is -0.137. The molecule has 0 radical (unpaired) electrons. The van der Waals surface area contributed by atoms with Crippen molar-refractivity contribution in [2.45, 2.75) is 44.4 Å². The topological polar surface area (TPSA) is 134 Å². The number of halogens is 2. The largest absolute Gasteiger partial charge is 0.364 e. The summed E-state index contributed by atoms with van der Waals surface area (Å²) in [5, 5.41) is 7.38. The van der Waals surface area contributed by atoms with Crippen LogP contribution in [-0.2, 0) is 33.9 Å². The third kappa shape index (κ3) is 6.39. The van der Waals surface area contributed by atoms with E-state index in [2.05, 4.69) is 15.3 Å². The first kappa shape index (κ1) is 29.5. The molecule has 0 atom stereocenters. The van der Waals surface area contributed by atoms with Crippen LogP contribution in [0.15, 0.2) is 36.4 Å². The second-order valence-corrected chi connectivity index (χ2v) is 11.4. The lowest BCUT2D eigenvalue weighted by Gasteiger charge is -2.42. The third-order valence-electron chi connectivity index (χ3n) is 7.80. The van der Waals surface area contributed by atoms with Gasteiger partial charge in [0.25, 0.3) is 5.91 Å². The van der Waals surface area contributed by atoms with Crippen LogP contribution in [0.3, 0.4) is 0 Å². The maximum absolute atomic E-state index is 14.2. The van der Waals surface area contributed by atoms with E-state index in [9.17, 15) is 23.6 Å². The number of hydrogen-bond donors (Lipinski definition) is 2. The van der Waals surface area contributed by atoms with Gasteiger partial charge in [-0.2, -0.15) is 5.10 Å². The summed E-state index contributed by atoms with van der Waals surface area (Å²) >= 11 is 5.81. The number of amides is 4. The first-order valence-electron chi connectivity index (χ1n) is 13.7. The smallest absolute Gasteiger partial charge is 0.269 e. The molecule has 3 N–H and O–H groups in total. The van der Waals surface area contributed by atoms with E-state index in [1.165, 1.54) is 21.7 Å². The predicted octanol–water partition coefficient (Wildman–Crippen LogP) is 1.55. The number of carbonyl (C=O) groups excluding carboxylic acids is 4. The number of likely N-dealkylation sites (N-methyl/N-ethyl adjacent to an activating group) is 2. The van der Waals surface area contributed by atoms with Gasteiger partial charge in [0.05, 0.1) is 29.5 Å². The Hall–Kier alpha value is -4.03. The van der Waals surface area contributed by atoms with Crippen LogP contribution >= 0.6 is 11.6 Å². The Kier molecular flexibility index (Phi) is 8.46. The molecule has 0 bridgehead atoms. The molecule has 2 aliphatic rings. The van der Waals surface area contributed by atoms with Crippen molar-refractivity contribution in [2.24, 2.45) is 5.73 Å². The molecule has 1 aliphatic heterocycles. The van der Waals surface area contributed by atoms with Gasteiger partial charge in [0.1, 0.15) is 12.4 Å². The summed E-state index contributed by atoms with van der Waals surface area (Å²) in [7, 11) is 3.79. The van der Waals surface area contributed by atoms with Gasteiger partial charge in [-0.05, 0) is 43.7 Å². The Morgan fingerprint density at radius 3 is 2.52 bits per heavy atom. The number of benzene rings is 2. The minimum atomic E-state index is -0.754. The van der Waals surface area contributed by atoms with E-state index in [0.29, 0.717) is 16.5 Å². The minimum absolute atomic E-state index is 0.000310. The van der Waals surface area contributed by atoms with E-state index in [-0.39, 0.29) is 66.2 Å². The van der Waals surface area contributed by atoms with E-state index in [0.717, 1.165) is 25.9 Å². The summed E-state index contributed by atoms with van der Waals surface area (Å²) in [6, 6.07) is 9.83. The second-order valence-electron chi connectivity index (χ2n) is 11.0. The first-order chi connectivity index (χ1) is 20.0. The number of fused-ring (bicyclic) bond motifs is 1. The van der Waals surface area contributed by atoms with Crippen LogP contribution in [0.2, 0.25) is 5.02 Å². The molecule has 5 rings (SSSR count). The lowest BCUT2D eigenvalue weighted by Crippen LogP contribution is -2.58. The van der Waals surface area contributed by atoms with Crippen LogP contribution in [0.5, 0.6) is 0 Å². The Morgan fingerprint density at radius 1 is 1.12 bits per heavy atom. The van der Waals surface area contributed by atoms with Crippen molar-refractivity contribution in [1.82, 2.24) is 29.8 Å². The van der Waals surface area contributed by atoms with Gasteiger partial charge in [0.15, 0.2) is 5.69 Å². The van der Waals surface area contributed by atoms with Gasteiger partial charge in [-0.3, -0.25) is 23.9 Å². The molecule has 2 aromatic carbocycles. The van der Waals surface area contributed by atoms with Crippen molar-refractivity contribution in [2.75, 3.05) is 33.7 Å². The number of hydrogen-bond acceptors (Lipinski definition) is 6. The van der Waals surface area contributed by atoms with E-state index in [1.54, 1.807) is 36.2 Å². The highest BCUT2D eigenvalue weighted by molar-refractivity contribution is 6.30. The molecule has 11 nitrogen and oxygen atoms in total. The molecule has 3 aromatic rings. The highest BCUT2D eigenvalue weighted by atomic mass is 35.5. The van der Waals surface area contributed by atoms with Crippen molar-refractivity contribution in [1.29, 1.82) is 0 Å². The molecule has 1 saturated heterocycles. The van der Waals surface area contributed by atoms with E-state index < -0.39 is 17.6 Å². The number of aromatic nitrogens is 2. The summed E-state index contributed by atoms with van der Waals surface area (Å²) in [5.41, 5.74) is 7.07. The average Bonchev–Trinajstić information content (AvgIpc) is 3.71. The normalized spacial score (nSPS) is 15.3. The minimum Gasteiger partial charge on any atom is -0.364 e. The molecule has 0 unspecified atom stereocenters. The van der Waals surface area contributed by atoms with Crippen molar-refractivity contribution >= 4 is 46.1 Å².